The van der Waals surface area contributed by atoms with Crippen LogP contribution in [-0.4, -0.2) is 0 Å². The van der Waals surface area contributed by atoms with Crippen LogP contribution >= 0.6 is 0 Å². The Kier molecular flexibility index (Phi) is 9.55. The molecule has 0 aliphatic rings. The van der Waals surface area contributed by atoms with Crippen molar-refractivity contribution in [1.29, 1.82) is 0 Å². The normalized spacial score (nSPS) is 13.5. The number of hydrogen-bond donors (Lipinski definition) is 0. The fraction of sp³-hybridized carbons (Fsp3) is 0.929. The number of hydrogen-bond acceptors (Lipinski definition) is 0. The molecular formula is C14H29. The molecule has 85 valence electrons. The molecule has 1 radical (unpaired) electrons. The van der Waals surface area contributed by atoms with Gasteiger partial charge in [-0.25, -0.2) is 0 Å². The van der Waals surface area contributed by atoms with E-state index < -0.39 is 0 Å². The summed E-state index contributed by atoms with van der Waals surface area (Å²) in [5.74, 6) is 2.43. The molecule has 0 heteroatoms. The second kappa shape index (κ2) is 9.55. The average molecular weight is 197 g/mol. The molecule has 1 atom stereocenters. The van der Waals surface area contributed by atoms with Gasteiger partial charge in [0, 0.05) is 0 Å². The van der Waals surface area contributed by atoms with Crippen LogP contribution < -0.4 is 0 Å². The molecule has 0 bridgehead atoms. The molecule has 0 heterocycles. The maximum Gasteiger partial charge on any atom is -0.0275 e. The van der Waals surface area contributed by atoms with Crippen molar-refractivity contribution < 1.29 is 0 Å². The molecule has 0 N–H and O–H groups in total. The lowest BCUT2D eigenvalue weighted by molar-refractivity contribution is 0.494. The fourth-order valence-corrected chi connectivity index (χ4v) is 1.70. The average Bonchev–Trinajstić information content (AvgIpc) is 2.16. The minimum absolute atomic E-state index is 0.839. The van der Waals surface area contributed by atoms with Crippen molar-refractivity contribution in [3.63, 3.8) is 0 Å². The van der Waals surface area contributed by atoms with E-state index in [1.807, 2.05) is 0 Å². The Morgan fingerprint density at radius 2 is 1.36 bits per heavy atom. The Morgan fingerprint density at radius 1 is 0.857 bits per heavy atom. The second-order valence-corrected chi connectivity index (χ2v) is 4.89. The Balaban J connectivity index is 3.06. The van der Waals surface area contributed by atoms with E-state index in [2.05, 4.69) is 27.7 Å². The molecule has 0 fully saturated rings. The zero-order chi connectivity index (χ0) is 10.8. The monoisotopic (exact) mass is 197 g/mol. The van der Waals surface area contributed by atoms with Gasteiger partial charge in [-0.1, -0.05) is 79.1 Å². The summed E-state index contributed by atoms with van der Waals surface area (Å²) >= 11 is 0. The van der Waals surface area contributed by atoms with Gasteiger partial charge in [0.25, 0.3) is 0 Å². The number of unbranched alkanes of at least 4 members (excludes halogenated alkanes) is 6. The largest absolute Gasteiger partial charge is 0.0654 e. The molecule has 0 aromatic rings. The summed E-state index contributed by atoms with van der Waals surface area (Å²) in [4.78, 5) is 0. The first-order valence-corrected chi connectivity index (χ1v) is 6.48. The van der Waals surface area contributed by atoms with E-state index in [1.165, 1.54) is 51.4 Å². The van der Waals surface area contributed by atoms with E-state index in [0.29, 0.717) is 0 Å². The smallest absolute Gasteiger partial charge is 0.0275 e. The van der Waals surface area contributed by atoms with Crippen molar-refractivity contribution >= 4 is 0 Å². The van der Waals surface area contributed by atoms with Crippen LogP contribution in [-0.2, 0) is 0 Å². The summed E-state index contributed by atoms with van der Waals surface area (Å²) in [6.45, 7) is 9.14. The van der Waals surface area contributed by atoms with Crippen LogP contribution in [0.25, 0.3) is 0 Å². The van der Waals surface area contributed by atoms with Crippen molar-refractivity contribution in [2.45, 2.75) is 79.1 Å². The van der Waals surface area contributed by atoms with E-state index in [4.69, 9.17) is 0 Å². The SMILES string of the molecule is CCCCCCCCCC(C)[C](C)C. The molecule has 0 saturated heterocycles. The van der Waals surface area contributed by atoms with Gasteiger partial charge in [0.15, 0.2) is 0 Å². The van der Waals surface area contributed by atoms with Gasteiger partial charge in [-0.3, -0.25) is 0 Å². The highest BCUT2D eigenvalue weighted by atomic mass is 14.1. The van der Waals surface area contributed by atoms with Crippen molar-refractivity contribution in [1.82, 2.24) is 0 Å². The molecule has 0 aliphatic heterocycles. The van der Waals surface area contributed by atoms with Crippen molar-refractivity contribution in [2.75, 3.05) is 0 Å². The first-order valence-electron chi connectivity index (χ1n) is 6.48. The molecule has 0 saturated carbocycles. The molecule has 0 aromatic carbocycles. The minimum Gasteiger partial charge on any atom is -0.0654 e. The first kappa shape index (κ1) is 14.0. The third-order valence-electron chi connectivity index (χ3n) is 3.23. The summed E-state index contributed by atoms with van der Waals surface area (Å²) in [6, 6.07) is 0. The Labute approximate surface area is 91.5 Å². The predicted octanol–water partition coefficient (Wildman–Crippen LogP) is 5.38. The van der Waals surface area contributed by atoms with E-state index in [-0.39, 0.29) is 0 Å². The molecule has 0 amide bonds. The topological polar surface area (TPSA) is 0 Å². The summed E-state index contributed by atoms with van der Waals surface area (Å²) in [6.07, 6.45) is 11.4. The summed E-state index contributed by atoms with van der Waals surface area (Å²) < 4.78 is 0. The summed E-state index contributed by atoms with van der Waals surface area (Å²) in [5, 5.41) is 0. The standard InChI is InChI=1S/C14H29/c1-5-6-7-8-9-10-11-12-14(4)13(2)3/h14H,5-12H2,1-4H3. The predicted molar refractivity (Wildman–Crippen MR) is 66.4 cm³/mol. The molecule has 0 aliphatic carbocycles. The van der Waals surface area contributed by atoms with Gasteiger partial charge in [-0.15, -0.1) is 0 Å². The van der Waals surface area contributed by atoms with Gasteiger partial charge >= 0.3 is 0 Å². The van der Waals surface area contributed by atoms with Gasteiger partial charge in [0.2, 0.25) is 0 Å². The molecule has 1 unspecified atom stereocenters. The lowest BCUT2D eigenvalue weighted by atomic mass is 9.92. The van der Waals surface area contributed by atoms with Gasteiger partial charge in [0.05, 0.1) is 0 Å². The second-order valence-electron chi connectivity index (χ2n) is 4.89. The van der Waals surface area contributed by atoms with E-state index in [1.54, 1.807) is 5.92 Å². The van der Waals surface area contributed by atoms with Crippen LogP contribution in [0.1, 0.15) is 79.1 Å². The van der Waals surface area contributed by atoms with Crippen LogP contribution in [0.15, 0.2) is 0 Å². The zero-order valence-electron chi connectivity index (χ0n) is 10.7. The molecule has 14 heavy (non-hydrogen) atoms. The fourth-order valence-electron chi connectivity index (χ4n) is 1.70. The van der Waals surface area contributed by atoms with Gasteiger partial charge in [-0.2, -0.15) is 0 Å². The van der Waals surface area contributed by atoms with Crippen LogP contribution in [0.2, 0.25) is 0 Å². The first-order chi connectivity index (χ1) is 6.68. The molecular weight excluding hydrogens is 168 g/mol. The van der Waals surface area contributed by atoms with Gasteiger partial charge < -0.3 is 0 Å². The molecule has 0 spiro atoms. The van der Waals surface area contributed by atoms with E-state index >= 15 is 0 Å². The number of rotatable bonds is 9. The van der Waals surface area contributed by atoms with Crippen LogP contribution in [0.4, 0.5) is 0 Å². The maximum absolute atomic E-state index is 2.35. The minimum atomic E-state index is 0.839. The van der Waals surface area contributed by atoms with Gasteiger partial charge in [-0.05, 0) is 11.8 Å². The van der Waals surface area contributed by atoms with Gasteiger partial charge in [0.1, 0.15) is 0 Å². The highest BCUT2D eigenvalue weighted by Gasteiger charge is 2.06. The highest BCUT2D eigenvalue weighted by molar-refractivity contribution is 4.83. The Bertz CT molecular complexity index is 105. The van der Waals surface area contributed by atoms with Crippen LogP contribution in [0.3, 0.4) is 0 Å². The molecule has 0 aromatic heterocycles. The van der Waals surface area contributed by atoms with Crippen molar-refractivity contribution in [3.05, 3.63) is 5.92 Å². The summed E-state index contributed by atoms with van der Waals surface area (Å²) in [7, 11) is 0. The zero-order valence-corrected chi connectivity index (χ0v) is 10.7. The van der Waals surface area contributed by atoms with Crippen LogP contribution in [0.5, 0.6) is 0 Å². The van der Waals surface area contributed by atoms with Crippen LogP contribution in [0, 0.1) is 11.8 Å². The Morgan fingerprint density at radius 3 is 1.86 bits per heavy atom. The van der Waals surface area contributed by atoms with E-state index in [0.717, 1.165) is 5.92 Å². The third kappa shape index (κ3) is 8.59. The maximum atomic E-state index is 2.35. The third-order valence-corrected chi connectivity index (χ3v) is 3.23. The lowest BCUT2D eigenvalue weighted by Crippen LogP contribution is -2.01. The summed E-state index contributed by atoms with van der Waals surface area (Å²) in [5.41, 5.74) is 0. The van der Waals surface area contributed by atoms with Crippen molar-refractivity contribution in [2.24, 2.45) is 5.92 Å². The quantitative estimate of drug-likeness (QED) is 0.435. The molecule has 0 rings (SSSR count). The van der Waals surface area contributed by atoms with E-state index in [9.17, 15) is 0 Å². The van der Waals surface area contributed by atoms with Crippen molar-refractivity contribution in [3.8, 4) is 0 Å². The highest BCUT2D eigenvalue weighted by Crippen LogP contribution is 2.19. The lowest BCUT2D eigenvalue weighted by Gasteiger charge is -2.14. The molecule has 0 nitrogen and oxygen atoms in total. The Hall–Kier alpha value is 0.